The fourth-order valence-electron chi connectivity index (χ4n) is 2.69. The Balaban J connectivity index is 1.74. The lowest BCUT2D eigenvalue weighted by Crippen LogP contribution is -2.50. The van der Waals surface area contributed by atoms with E-state index >= 15 is 0 Å². The van der Waals surface area contributed by atoms with E-state index in [1.807, 2.05) is 12.1 Å². The van der Waals surface area contributed by atoms with E-state index in [1.54, 1.807) is 6.07 Å². The van der Waals surface area contributed by atoms with Gasteiger partial charge in [0.2, 0.25) is 0 Å². The fourth-order valence-corrected chi connectivity index (χ4v) is 2.69. The summed E-state index contributed by atoms with van der Waals surface area (Å²) in [5.41, 5.74) is 0.683. The number of piperazine rings is 1. The number of halogens is 1. The number of aliphatic hydroxyl groups is 1. The van der Waals surface area contributed by atoms with Gasteiger partial charge in [0.15, 0.2) is 0 Å². The number of β-amino-alcohol motifs (C(OH)–C–C–N with tert-alkyl or cyclic N) is 1. The third kappa shape index (κ3) is 4.95. The monoisotopic (exact) mass is 295 g/mol. The molecule has 0 bridgehead atoms. The van der Waals surface area contributed by atoms with Gasteiger partial charge in [0.25, 0.3) is 0 Å². The van der Waals surface area contributed by atoms with Crippen LogP contribution in [0, 0.1) is 5.82 Å². The number of benzene rings is 1. The normalized spacial score (nSPS) is 18.0. The van der Waals surface area contributed by atoms with Crippen LogP contribution >= 0.6 is 0 Å². The van der Waals surface area contributed by atoms with Crippen molar-refractivity contribution < 1.29 is 9.50 Å². The molecular formula is C16H26FN3O. The predicted octanol–water partition coefficient (Wildman–Crippen LogP) is 1.31. The Morgan fingerprint density at radius 3 is 2.62 bits per heavy atom. The Morgan fingerprint density at radius 2 is 1.95 bits per heavy atom. The van der Waals surface area contributed by atoms with Gasteiger partial charge in [-0.3, -0.25) is 4.90 Å². The van der Waals surface area contributed by atoms with Crippen LogP contribution in [0.15, 0.2) is 24.3 Å². The Labute approximate surface area is 126 Å². The molecule has 0 amide bonds. The molecule has 1 aliphatic rings. The predicted molar refractivity (Wildman–Crippen MR) is 84.2 cm³/mol. The van der Waals surface area contributed by atoms with Crippen LogP contribution in [-0.2, 0) is 0 Å². The highest BCUT2D eigenvalue weighted by Crippen LogP contribution is 2.20. The maximum atomic E-state index is 13.8. The van der Waals surface area contributed by atoms with E-state index < -0.39 is 0 Å². The molecule has 0 aromatic heterocycles. The second kappa shape index (κ2) is 8.32. The van der Waals surface area contributed by atoms with Gasteiger partial charge >= 0.3 is 0 Å². The number of hydrogen-bond donors (Lipinski definition) is 2. The summed E-state index contributed by atoms with van der Waals surface area (Å²) in [4.78, 5) is 4.32. The van der Waals surface area contributed by atoms with Gasteiger partial charge in [0.05, 0.1) is 11.8 Å². The SMILES string of the molecule is CCCNCC(O)CN1CCN(c2ccccc2F)CC1. The van der Waals surface area contributed by atoms with Crippen molar-refractivity contribution in [1.29, 1.82) is 0 Å². The number of hydrogen-bond acceptors (Lipinski definition) is 4. The van der Waals surface area contributed by atoms with Crippen LogP contribution in [0.2, 0.25) is 0 Å². The lowest BCUT2D eigenvalue weighted by Gasteiger charge is -2.37. The molecule has 0 spiro atoms. The first-order valence-electron chi connectivity index (χ1n) is 7.81. The van der Waals surface area contributed by atoms with E-state index in [0.29, 0.717) is 18.8 Å². The molecule has 1 atom stereocenters. The average Bonchev–Trinajstić information content (AvgIpc) is 2.49. The molecule has 21 heavy (non-hydrogen) atoms. The van der Waals surface area contributed by atoms with Crippen molar-refractivity contribution in [1.82, 2.24) is 10.2 Å². The van der Waals surface area contributed by atoms with Crippen LogP contribution in [-0.4, -0.2) is 61.9 Å². The zero-order valence-electron chi connectivity index (χ0n) is 12.8. The molecule has 2 N–H and O–H groups in total. The molecule has 1 saturated heterocycles. The topological polar surface area (TPSA) is 38.7 Å². The van der Waals surface area contributed by atoms with E-state index in [1.165, 1.54) is 6.07 Å². The maximum absolute atomic E-state index is 13.8. The minimum absolute atomic E-state index is 0.158. The minimum Gasteiger partial charge on any atom is -0.390 e. The van der Waals surface area contributed by atoms with Crippen molar-refractivity contribution in [3.8, 4) is 0 Å². The number of rotatable bonds is 7. The minimum atomic E-state index is -0.337. The first-order chi connectivity index (χ1) is 10.2. The van der Waals surface area contributed by atoms with Crippen LogP contribution in [0.4, 0.5) is 10.1 Å². The van der Waals surface area contributed by atoms with Gasteiger partial charge in [-0.1, -0.05) is 19.1 Å². The quantitative estimate of drug-likeness (QED) is 0.744. The molecule has 0 aliphatic carbocycles. The van der Waals surface area contributed by atoms with Gasteiger partial charge in [-0.05, 0) is 25.1 Å². The van der Waals surface area contributed by atoms with Crippen LogP contribution in [0.1, 0.15) is 13.3 Å². The third-order valence-corrected chi connectivity index (χ3v) is 3.84. The van der Waals surface area contributed by atoms with Gasteiger partial charge in [-0.25, -0.2) is 4.39 Å². The Kier molecular flexibility index (Phi) is 6.42. The zero-order chi connectivity index (χ0) is 15.1. The van der Waals surface area contributed by atoms with Gasteiger partial charge < -0.3 is 15.3 Å². The summed E-state index contributed by atoms with van der Waals surface area (Å²) in [6.07, 6.45) is 0.741. The molecule has 0 radical (unpaired) electrons. The first kappa shape index (κ1) is 16.2. The summed E-state index contributed by atoms with van der Waals surface area (Å²) in [5, 5.41) is 13.2. The summed E-state index contributed by atoms with van der Waals surface area (Å²) < 4.78 is 13.8. The maximum Gasteiger partial charge on any atom is 0.146 e. The molecule has 1 aromatic rings. The van der Waals surface area contributed by atoms with Gasteiger partial charge in [0.1, 0.15) is 5.82 Å². The van der Waals surface area contributed by atoms with Crippen molar-refractivity contribution in [3.05, 3.63) is 30.1 Å². The summed E-state index contributed by atoms with van der Waals surface area (Å²) in [6, 6.07) is 6.92. The average molecular weight is 295 g/mol. The highest BCUT2D eigenvalue weighted by molar-refractivity contribution is 5.47. The summed E-state index contributed by atoms with van der Waals surface area (Å²) in [7, 11) is 0. The number of aliphatic hydroxyl groups excluding tert-OH is 1. The van der Waals surface area contributed by atoms with Gasteiger partial charge in [-0.2, -0.15) is 0 Å². The fraction of sp³-hybridized carbons (Fsp3) is 0.625. The first-order valence-corrected chi connectivity index (χ1v) is 7.81. The molecule has 1 aromatic carbocycles. The van der Waals surface area contributed by atoms with Crippen molar-refractivity contribution >= 4 is 5.69 Å². The molecule has 0 saturated carbocycles. The lowest BCUT2D eigenvalue weighted by atomic mass is 10.2. The summed E-state index contributed by atoms with van der Waals surface area (Å²) in [5.74, 6) is -0.158. The Morgan fingerprint density at radius 1 is 1.24 bits per heavy atom. The van der Waals surface area contributed by atoms with Crippen molar-refractivity contribution in [2.24, 2.45) is 0 Å². The van der Waals surface area contributed by atoms with Crippen LogP contribution in [0.25, 0.3) is 0 Å². The lowest BCUT2D eigenvalue weighted by molar-refractivity contribution is 0.108. The van der Waals surface area contributed by atoms with Gasteiger partial charge in [-0.15, -0.1) is 0 Å². The summed E-state index contributed by atoms with van der Waals surface area (Å²) in [6.45, 7) is 7.70. The zero-order valence-corrected chi connectivity index (χ0v) is 12.8. The molecule has 1 unspecified atom stereocenters. The molecule has 1 heterocycles. The standard InChI is InChI=1S/C16H26FN3O/c1-2-7-18-12-14(21)13-19-8-10-20(11-9-19)16-6-4-3-5-15(16)17/h3-6,14,18,21H,2,7-13H2,1H3. The van der Waals surface area contributed by atoms with E-state index in [2.05, 4.69) is 22.0 Å². The van der Waals surface area contributed by atoms with Crippen LogP contribution < -0.4 is 10.2 Å². The molecule has 118 valence electrons. The second-order valence-electron chi connectivity index (χ2n) is 5.60. The largest absolute Gasteiger partial charge is 0.390 e. The molecule has 1 aliphatic heterocycles. The smallest absolute Gasteiger partial charge is 0.146 e. The Hall–Kier alpha value is -1.17. The highest BCUT2D eigenvalue weighted by Gasteiger charge is 2.20. The highest BCUT2D eigenvalue weighted by atomic mass is 19.1. The number of nitrogens with one attached hydrogen (secondary N) is 1. The summed E-state index contributed by atoms with van der Waals surface area (Å²) >= 11 is 0. The van der Waals surface area contributed by atoms with Crippen LogP contribution in [0.5, 0.6) is 0 Å². The molecule has 1 fully saturated rings. The molecular weight excluding hydrogens is 269 g/mol. The molecule has 5 heteroatoms. The Bertz CT molecular complexity index is 422. The number of anilines is 1. The van der Waals surface area contributed by atoms with E-state index in [0.717, 1.165) is 39.1 Å². The van der Waals surface area contributed by atoms with Crippen molar-refractivity contribution in [2.45, 2.75) is 19.4 Å². The van der Waals surface area contributed by atoms with Crippen molar-refractivity contribution in [2.75, 3.05) is 50.7 Å². The second-order valence-corrected chi connectivity index (χ2v) is 5.60. The number of nitrogens with zero attached hydrogens (tertiary/aromatic N) is 2. The molecule has 2 rings (SSSR count). The van der Waals surface area contributed by atoms with E-state index in [4.69, 9.17) is 0 Å². The number of para-hydroxylation sites is 1. The van der Waals surface area contributed by atoms with E-state index in [-0.39, 0.29) is 11.9 Å². The third-order valence-electron chi connectivity index (χ3n) is 3.84. The van der Waals surface area contributed by atoms with Crippen LogP contribution in [0.3, 0.4) is 0 Å². The van der Waals surface area contributed by atoms with Crippen molar-refractivity contribution in [3.63, 3.8) is 0 Å². The van der Waals surface area contributed by atoms with Gasteiger partial charge in [0, 0.05) is 39.3 Å². The van der Waals surface area contributed by atoms with E-state index in [9.17, 15) is 9.50 Å². The molecule has 4 nitrogen and oxygen atoms in total.